The quantitative estimate of drug-likeness (QED) is 0.470. The number of carbonyl (C=O) groups excluding carboxylic acids is 1. The second-order valence-electron chi connectivity index (χ2n) is 8.06. The van der Waals surface area contributed by atoms with Gasteiger partial charge in [0, 0.05) is 30.3 Å². The predicted octanol–water partition coefficient (Wildman–Crippen LogP) is 3.09. The topological polar surface area (TPSA) is 117 Å². The number of H-pyrrole nitrogens is 1. The molecule has 1 saturated heterocycles. The summed E-state index contributed by atoms with van der Waals surface area (Å²) in [4.78, 5) is 19.0. The number of hydrogen-bond acceptors (Lipinski definition) is 7. The van der Waals surface area contributed by atoms with Gasteiger partial charge in [0.15, 0.2) is 11.5 Å². The summed E-state index contributed by atoms with van der Waals surface area (Å²) < 4.78 is 40.1. The van der Waals surface area contributed by atoms with E-state index in [1.165, 1.54) is 6.07 Å². The lowest BCUT2D eigenvalue weighted by molar-refractivity contribution is -0.146. The maximum Gasteiger partial charge on any atom is 0.453 e. The van der Waals surface area contributed by atoms with Crippen LogP contribution in [0.1, 0.15) is 24.5 Å². The van der Waals surface area contributed by atoms with Crippen molar-refractivity contribution < 1.29 is 18.0 Å². The third-order valence-electron chi connectivity index (χ3n) is 5.68. The Hall–Kier alpha value is -4.03. The van der Waals surface area contributed by atoms with Crippen molar-refractivity contribution in [2.75, 3.05) is 23.3 Å². The van der Waals surface area contributed by atoms with Crippen molar-refractivity contribution in [3.63, 3.8) is 0 Å². The molecule has 0 spiro atoms. The summed E-state index contributed by atoms with van der Waals surface area (Å²) in [6.45, 7) is 2.77. The third kappa shape index (κ3) is 4.28. The molecule has 176 valence electrons. The van der Waals surface area contributed by atoms with E-state index in [0.717, 1.165) is 5.56 Å². The van der Waals surface area contributed by atoms with E-state index in [-0.39, 0.29) is 17.5 Å². The zero-order valence-corrected chi connectivity index (χ0v) is 18.0. The van der Waals surface area contributed by atoms with Crippen LogP contribution in [0.3, 0.4) is 0 Å². The molecule has 0 aliphatic carbocycles. The highest BCUT2D eigenvalue weighted by Crippen LogP contribution is 2.29. The van der Waals surface area contributed by atoms with Gasteiger partial charge >= 0.3 is 6.18 Å². The monoisotopic (exact) mass is 471 g/mol. The van der Waals surface area contributed by atoms with Gasteiger partial charge in [0.2, 0.25) is 5.91 Å². The lowest BCUT2D eigenvalue weighted by Gasteiger charge is -2.32. The van der Waals surface area contributed by atoms with Gasteiger partial charge in [-0.15, -0.1) is 15.3 Å². The Morgan fingerprint density at radius 2 is 1.94 bits per heavy atom. The summed E-state index contributed by atoms with van der Waals surface area (Å²) in [5.41, 5.74) is 1.45. The number of anilines is 2. The number of nitrogens with zero attached hydrogens (tertiary/aromatic N) is 7. The van der Waals surface area contributed by atoms with E-state index in [0.29, 0.717) is 53.6 Å². The summed E-state index contributed by atoms with van der Waals surface area (Å²) >= 11 is 0. The number of rotatable bonds is 4. The first kappa shape index (κ1) is 21.8. The van der Waals surface area contributed by atoms with Crippen molar-refractivity contribution in [3.8, 4) is 11.4 Å². The third-order valence-corrected chi connectivity index (χ3v) is 5.68. The Bertz CT molecular complexity index is 1340. The first-order valence-corrected chi connectivity index (χ1v) is 10.6. The Morgan fingerprint density at radius 1 is 1.15 bits per heavy atom. The molecule has 1 fully saturated rings. The van der Waals surface area contributed by atoms with E-state index in [1.54, 1.807) is 12.1 Å². The van der Waals surface area contributed by atoms with Gasteiger partial charge in [0.25, 0.3) is 5.82 Å². The Morgan fingerprint density at radius 3 is 2.65 bits per heavy atom. The SMILES string of the molecule is Cc1nc(-c2cccc(NC(=O)C3CCN(c4ccc5nnc(C(F)(F)F)n5n4)CC3)c2)n[nH]1. The number of hydrogen-bond donors (Lipinski definition) is 2. The molecule has 13 heteroatoms. The van der Waals surface area contributed by atoms with Crippen LogP contribution in [0.25, 0.3) is 17.0 Å². The molecule has 4 aromatic rings. The van der Waals surface area contributed by atoms with Gasteiger partial charge in [-0.3, -0.25) is 9.89 Å². The smallest absolute Gasteiger partial charge is 0.355 e. The van der Waals surface area contributed by atoms with Gasteiger partial charge in [0.1, 0.15) is 11.6 Å². The molecule has 1 amide bonds. The van der Waals surface area contributed by atoms with Crippen molar-refractivity contribution >= 4 is 23.1 Å². The number of amides is 1. The minimum Gasteiger partial charge on any atom is -0.355 e. The van der Waals surface area contributed by atoms with Gasteiger partial charge in [-0.25, -0.2) is 4.98 Å². The molecule has 4 heterocycles. The molecule has 10 nitrogen and oxygen atoms in total. The molecule has 0 saturated carbocycles. The Kier molecular flexibility index (Phi) is 5.38. The number of aromatic nitrogens is 7. The van der Waals surface area contributed by atoms with E-state index < -0.39 is 12.0 Å². The predicted molar refractivity (Wildman–Crippen MR) is 116 cm³/mol. The summed E-state index contributed by atoms with van der Waals surface area (Å²) in [5.74, 6) is 0.128. The molecular formula is C21H20F3N9O. The Labute approximate surface area is 191 Å². The first-order chi connectivity index (χ1) is 16.3. The highest BCUT2D eigenvalue weighted by atomic mass is 19.4. The van der Waals surface area contributed by atoms with Crippen LogP contribution in [0, 0.1) is 12.8 Å². The van der Waals surface area contributed by atoms with Crippen LogP contribution < -0.4 is 10.2 Å². The average Bonchev–Trinajstić information content (AvgIpc) is 3.45. The molecule has 0 bridgehead atoms. The number of alkyl halides is 3. The van der Waals surface area contributed by atoms with Crippen molar-refractivity contribution in [2.45, 2.75) is 25.9 Å². The number of aryl methyl sites for hydroxylation is 1. The molecule has 1 aliphatic rings. The zero-order chi connectivity index (χ0) is 23.9. The fourth-order valence-electron chi connectivity index (χ4n) is 3.95. The fourth-order valence-corrected chi connectivity index (χ4v) is 3.95. The highest BCUT2D eigenvalue weighted by molar-refractivity contribution is 5.93. The average molecular weight is 471 g/mol. The fraction of sp³-hybridized carbons (Fsp3) is 0.333. The largest absolute Gasteiger partial charge is 0.453 e. The number of benzene rings is 1. The van der Waals surface area contributed by atoms with Crippen LogP contribution in [0.4, 0.5) is 24.7 Å². The second kappa shape index (κ2) is 8.39. The van der Waals surface area contributed by atoms with E-state index in [9.17, 15) is 18.0 Å². The van der Waals surface area contributed by atoms with E-state index in [4.69, 9.17) is 0 Å². The molecule has 0 atom stereocenters. The normalized spacial score (nSPS) is 15.1. The molecule has 1 aromatic carbocycles. The van der Waals surface area contributed by atoms with Gasteiger partial charge in [0.05, 0.1) is 0 Å². The second-order valence-corrected chi connectivity index (χ2v) is 8.06. The summed E-state index contributed by atoms with van der Waals surface area (Å²) in [6.07, 6.45) is -3.57. The number of fused-ring (bicyclic) bond motifs is 1. The number of aromatic amines is 1. The maximum atomic E-state index is 13.1. The van der Waals surface area contributed by atoms with Crippen LogP contribution in [0.5, 0.6) is 0 Å². The van der Waals surface area contributed by atoms with Crippen molar-refractivity contribution in [2.24, 2.45) is 5.92 Å². The van der Waals surface area contributed by atoms with Crippen LogP contribution in [0.2, 0.25) is 0 Å². The molecule has 1 aliphatic heterocycles. The van der Waals surface area contributed by atoms with E-state index in [1.807, 2.05) is 30.0 Å². The first-order valence-electron chi connectivity index (χ1n) is 10.6. The molecule has 2 N–H and O–H groups in total. The van der Waals surface area contributed by atoms with Crippen LogP contribution in [-0.4, -0.2) is 54.0 Å². The van der Waals surface area contributed by atoms with Crippen LogP contribution in [0.15, 0.2) is 36.4 Å². The highest BCUT2D eigenvalue weighted by Gasteiger charge is 2.38. The molecular weight excluding hydrogens is 451 g/mol. The minimum absolute atomic E-state index is 0.0211. The van der Waals surface area contributed by atoms with Gasteiger partial charge < -0.3 is 10.2 Å². The van der Waals surface area contributed by atoms with Gasteiger partial charge in [-0.2, -0.15) is 22.8 Å². The summed E-state index contributed by atoms with van der Waals surface area (Å²) in [5, 5.41) is 20.7. The lowest BCUT2D eigenvalue weighted by Crippen LogP contribution is -2.38. The Balaban J connectivity index is 1.24. The van der Waals surface area contributed by atoms with Crippen molar-refractivity contribution in [1.82, 2.24) is 35.0 Å². The molecule has 5 rings (SSSR count). The molecule has 34 heavy (non-hydrogen) atoms. The minimum atomic E-state index is -4.65. The van der Waals surface area contributed by atoms with E-state index in [2.05, 4.69) is 35.8 Å². The lowest BCUT2D eigenvalue weighted by atomic mass is 9.95. The van der Waals surface area contributed by atoms with Crippen LogP contribution >= 0.6 is 0 Å². The number of nitrogens with one attached hydrogen (secondary N) is 2. The summed E-state index contributed by atoms with van der Waals surface area (Å²) in [7, 11) is 0. The van der Waals surface area contributed by atoms with Crippen LogP contribution in [-0.2, 0) is 11.0 Å². The zero-order valence-electron chi connectivity index (χ0n) is 18.0. The van der Waals surface area contributed by atoms with Gasteiger partial charge in [-0.05, 0) is 44.0 Å². The maximum absolute atomic E-state index is 13.1. The standard InChI is InChI=1S/C21H20F3N9O/c1-12-25-18(29-27-12)14-3-2-4-15(11-14)26-19(34)13-7-9-32(10-8-13)17-6-5-16-28-30-20(21(22,23)24)33(16)31-17/h2-6,11,13H,7-10H2,1H3,(H,26,34)(H,25,27,29). The molecule has 0 unspecified atom stereocenters. The van der Waals surface area contributed by atoms with E-state index >= 15 is 0 Å². The number of piperidine rings is 1. The van der Waals surface area contributed by atoms with Gasteiger partial charge in [-0.1, -0.05) is 12.1 Å². The molecule has 3 aromatic heterocycles. The van der Waals surface area contributed by atoms with Crippen molar-refractivity contribution in [3.05, 3.63) is 48.0 Å². The number of carbonyl (C=O) groups is 1. The number of halogens is 3. The molecule has 0 radical (unpaired) electrons. The summed E-state index contributed by atoms with van der Waals surface area (Å²) in [6, 6.07) is 10.4. The van der Waals surface area contributed by atoms with Crippen molar-refractivity contribution in [1.29, 1.82) is 0 Å².